The molecule has 0 saturated carbocycles. The summed E-state index contributed by atoms with van der Waals surface area (Å²) >= 11 is 0. The number of nitrogens with zero attached hydrogens (tertiary/aromatic N) is 2. The molecule has 1 saturated heterocycles. The third kappa shape index (κ3) is 2.95. The number of piperidine rings is 1. The minimum atomic E-state index is 0.0130. The van der Waals surface area contributed by atoms with Crippen molar-refractivity contribution in [2.75, 3.05) is 25.0 Å². The van der Waals surface area contributed by atoms with Gasteiger partial charge < -0.3 is 9.80 Å². The highest BCUT2D eigenvalue weighted by Gasteiger charge is 2.19. The van der Waals surface area contributed by atoms with Crippen LogP contribution in [0.3, 0.4) is 0 Å². The molecule has 102 valence electrons. The van der Waals surface area contributed by atoms with Crippen LogP contribution >= 0.6 is 0 Å². The Morgan fingerprint density at radius 1 is 1.26 bits per heavy atom. The quantitative estimate of drug-likeness (QED) is 0.836. The fourth-order valence-corrected chi connectivity index (χ4v) is 2.23. The van der Waals surface area contributed by atoms with Gasteiger partial charge in [-0.25, -0.2) is 0 Å². The molecule has 1 fully saturated rings. The Kier molecular flexibility index (Phi) is 4.20. The second-order valence-electron chi connectivity index (χ2n) is 4.87. The Morgan fingerprint density at radius 2 is 1.95 bits per heavy atom. The molecule has 2 rings (SSSR count). The lowest BCUT2D eigenvalue weighted by molar-refractivity contribution is -0.119. The molecule has 0 aliphatic carbocycles. The van der Waals surface area contributed by atoms with Crippen LogP contribution in [0.4, 0.5) is 5.69 Å². The van der Waals surface area contributed by atoms with Gasteiger partial charge in [0, 0.05) is 37.8 Å². The summed E-state index contributed by atoms with van der Waals surface area (Å²) in [5.41, 5.74) is 1.55. The van der Waals surface area contributed by atoms with E-state index in [-0.39, 0.29) is 11.8 Å². The lowest BCUT2D eigenvalue weighted by atomic mass is 10.1. The van der Waals surface area contributed by atoms with Crippen LogP contribution in [0.5, 0.6) is 0 Å². The molecule has 0 radical (unpaired) electrons. The second kappa shape index (κ2) is 5.87. The number of benzene rings is 1. The Balaban J connectivity index is 2.14. The minimum Gasteiger partial charge on any atom is -0.342 e. The van der Waals surface area contributed by atoms with Crippen LogP contribution in [0, 0.1) is 0 Å². The molecule has 1 heterocycles. The lowest BCUT2D eigenvalue weighted by Gasteiger charge is -2.27. The molecule has 1 aliphatic heterocycles. The summed E-state index contributed by atoms with van der Waals surface area (Å²) in [5, 5.41) is 0. The Bertz CT molecular complexity index is 468. The summed E-state index contributed by atoms with van der Waals surface area (Å²) in [4.78, 5) is 27.3. The molecule has 2 amide bonds. The molecule has 0 aromatic heterocycles. The normalized spacial score (nSPS) is 15.5. The van der Waals surface area contributed by atoms with Crippen molar-refractivity contribution in [1.82, 2.24) is 4.90 Å². The zero-order valence-corrected chi connectivity index (χ0v) is 11.6. The second-order valence-corrected chi connectivity index (χ2v) is 4.87. The Hall–Kier alpha value is -1.84. The van der Waals surface area contributed by atoms with Crippen molar-refractivity contribution in [3.05, 3.63) is 29.8 Å². The topological polar surface area (TPSA) is 40.6 Å². The molecule has 0 atom stereocenters. The van der Waals surface area contributed by atoms with Crippen molar-refractivity contribution in [3.8, 4) is 0 Å². The Morgan fingerprint density at radius 3 is 2.53 bits per heavy atom. The number of carbonyl (C=O) groups excluding carboxylic acids is 2. The molecule has 4 nitrogen and oxygen atoms in total. The first kappa shape index (κ1) is 13.6. The molecule has 1 aromatic carbocycles. The van der Waals surface area contributed by atoms with Crippen molar-refractivity contribution < 1.29 is 9.59 Å². The van der Waals surface area contributed by atoms with Gasteiger partial charge in [-0.15, -0.1) is 0 Å². The van der Waals surface area contributed by atoms with Gasteiger partial charge in [0.1, 0.15) is 0 Å². The fraction of sp³-hybridized carbons (Fsp3) is 0.467. The van der Waals surface area contributed by atoms with Crippen LogP contribution in [0.1, 0.15) is 36.5 Å². The van der Waals surface area contributed by atoms with Crippen molar-refractivity contribution in [3.63, 3.8) is 0 Å². The number of anilines is 1. The van der Waals surface area contributed by atoms with E-state index in [1.807, 2.05) is 19.1 Å². The zero-order chi connectivity index (χ0) is 13.8. The number of hydrogen-bond donors (Lipinski definition) is 0. The van der Waals surface area contributed by atoms with Crippen LogP contribution in [0.25, 0.3) is 0 Å². The van der Waals surface area contributed by atoms with Crippen LogP contribution in [0.2, 0.25) is 0 Å². The van der Waals surface area contributed by atoms with E-state index in [2.05, 4.69) is 0 Å². The van der Waals surface area contributed by atoms with Crippen molar-refractivity contribution in [2.24, 2.45) is 0 Å². The first-order valence-electron chi connectivity index (χ1n) is 6.79. The summed E-state index contributed by atoms with van der Waals surface area (Å²) < 4.78 is 0. The summed E-state index contributed by atoms with van der Waals surface area (Å²) in [6.45, 7) is 3.41. The molecule has 0 spiro atoms. The van der Waals surface area contributed by atoms with E-state index in [4.69, 9.17) is 0 Å². The van der Waals surface area contributed by atoms with Gasteiger partial charge in [-0.3, -0.25) is 9.59 Å². The predicted octanol–water partition coefficient (Wildman–Crippen LogP) is 2.30. The van der Waals surface area contributed by atoms with Gasteiger partial charge >= 0.3 is 0 Å². The first-order chi connectivity index (χ1) is 9.13. The van der Waals surface area contributed by atoms with Crippen LogP contribution < -0.4 is 4.90 Å². The van der Waals surface area contributed by atoms with Gasteiger partial charge in [0.05, 0.1) is 0 Å². The molecule has 19 heavy (non-hydrogen) atoms. The van der Waals surface area contributed by atoms with Gasteiger partial charge in [-0.1, -0.05) is 0 Å². The first-order valence-corrected chi connectivity index (χ1v) is 6.79. The zero-order valence-electron chi connectivity index (χ0n) is 11.6. The maximum Gasteiger partial charge on any atom is 0.253 e. The summed E-state index contributed by atoms with van der Waals surface area (Å²) in [5.74, 6) is 0.190. The molecule has 4 heteroatoms. The molecule has 0 N–H and O–H groups in total. The summed E-state index contributed by atoms with van der Waals surface area (Å²) in [6, 6.07) is 7.32. The molecule has 1 aliphatic rings. The van der Waals surface area contributed by atoms with Crippen molar-refractivity contribution in [1.29, 1.82) is 0 Å². The molecular weight excluding hydrogens is 240 g/mol. The largest absolute Gasteiger partial charge is 0.342 e. The summed E-state index contributed by atoms with van der Waals surface area (Å²) in [7, 11) is 1.78. The van der Waals surface area contributed by atoms with Gasteiger partial charge in [0.15, 0.2) is 0 Å². The average molecular weight is 260 g/mol. The van der Waals surface area contributed by atoms with E-state index < -0.39 is 0 Å². The number of rotatable bonds is 3. The third-order valence-corrected chi connectivity index (χ3v) is 3.57. The number of hydrogen-bond acceptors (Lipinski definition) is 2. The van der Waals surface area contributed by atoms with Gasteiger partial charge in [-0.05, 0) is 44.0 Å². The standard InChI is InChI=1S/C15H20N2O2/c1-3-16(2)15(19)12-7-9-13(10-8-12)17-11-5-4-6-14(17)18/h7-10H,3-6,11H2,1-2H3. The lowest BCUT2D eigenvalue weighted by Crippen LogP contribution is -2.35. The highest BCUT2D eigenvalue weighted by Crippen LogP contribution is 2.21. The van der Waals surface area contributed by atoms with E-state index in [1.54, 1.807) is 29.0 Å². The van der Waals surface area contributed by atoms with Gasteiger partial charge in [0.2, 0.25) is 5.91 Å². The van der Waals surface area contributed by atoms with Crippen molar-refractivity contribution >= 4 is 17.5 Å². The smallest absolute Gasteiger partial charge is 0.253 e. The predicted molar refractivity (Wildman–Crippen MR) is 75.3 cm³/mol. The maximum absolute atomic E-state index is 12.0. The van der Waals surface area contributed by atoms with E-state index in [9.17, 15) is 9.59 Å². The maximum atomic E-state index is 12.0. The fourth-order valence-electron chi connectivity index (χ4n) is 2.23. The van der Waals surface area contributed by atoms with Crippen LogP contribution in [0.15, 0.2) is 24.3 Å². The highest BCUT2D eigenvalue weighted by atomic mass is 16.2. The molecule has 1 aromatic rings. The van der Waals surface area contributed by atoms with Gasteiger partial charge in [0.25, 0.3) is 5.91 Å². The molecule has 0 unspecified atom stereocenters. The van der Waals surface area contributed by atoms with Crippen LogP contribution in [-0.4, -0.2) is 36.9 Å². The molecular formula is C15H20N2O2. The SMILES string of the molecule is CCN(C)C(=O)c1ccc(N2CCCCC2=O)cc1. The Labute approximate surface area is 114 Å². The van der Waals surface area contributed by atoms with E-state index in [0.29, 0.717) is 18.5 Å². The van der Waals surface area contributed by atoms with E-state index in [1.165, 1.54) is 0 Å². The number of amides is 2. The number of carbonyl (C=O) groups is 2. The van der Waals surface area contributed by atoms with Crippen LogP contribution in [-0.2, 0) is 4.79 Å². The minimum absolute atomic E-state index is 0.0130. The van der Waals surface area contributed by atoms with E-state index >= 15 is 0 Å². The molecule has 0 bridgehead atoms. The summed E-state index contributed by atoms with van der Waals surface area (Å²) in [6.07, 6.45) is 2.65. The monoisotopic (exact) mass is 260 g/mol. The van der Waals surface area contributed by atoms with E-state index in [0.717, 1.165) is 25.1 Å². The third-order valence-electron chi connectivity index (χ3n) is 3.57. The highest BCUT2D eigenvalue weighted by molar-refractivity contribution is 5.96. The van der Waals surface area contributed by atoms with Gasteiger partial charge in [-0.2, -0.15) is 0 Å². The van der Waals surface area contributed by atoms with Crippen molar-refractivity contribution in [2.45, 2.75) is 26.2 Å². The average Bonchev–Trinajstić information content (AvgIpc) is 2.46.